The van der Waals surface area contributed by atoms with E-state index in [1.165, 1.54) is 5.56 Å². The minimum absolute atomic E-state index is 0.602. The van der Waals surface area contributed by atoms with Crippen LogP contribution < -0.4 is 5.73 Å². The summed E-state index contributed by atoms with van der Waals surface area (Å²) in [4.78, 5) is 4.13. The van der Waals surface area contributed by atoms with Crippen LogP contribution >= 0.6 is 0 Å². The summed E-state index contributed by atoms with van der Waals surface area (Å²) in [5, 5.41) is 0. The summed E-state index contributed by atoms with van der Waals surface area (Å²) < 4.78 is 0. The molecule has 0 aliphatic carbocycles. The highest BCUT2D eigenvalue weighted by atomic mass is 14.8. The Labute approximate surface area is 83.4 Å². The van der Waals surface area contributed by atoms with Crippen LogP contribution in [-0.4, -0.2) is 4.98 Å². The van der Waals surface area contributed by atoms with E-state index in [9.17, 15) is 0 Å². The predicted octanol–water partition coefficient (Wildman–Crippen LogP) is 2.64. The molecule has 1 aromatic heterocycles. The van der Waals surface area contributed by atoms with Gasteiger partial charge in [-0.1, -0.05) is 30.3 Å². The first kappa shape index (κ1) is 8.75. The molecule has 1 heterocycles. The normalized spacial score (nSPS) is 10.1. The van der Waals surface area contributed by atoms with E-state index in [1.54, 1.807) is 6.20 Å². The van der Waals surface area contributed by atoms with E-state index in [4.69, 9.17) is 5.73 Å². The van der Waals surface area contributed by atoms with E-state index >= 15 is 0 Å². The summed E-state index contributed by atoms with van der Waals surface area (Å²) in [6.07, 6.45) is 1.80. The Morgan fingerprint density at radius 3 is 2.43 bits per heavy atom. The molecule has 0 spiro atoms. The van der Waals surface area contributed by atoms with Crippen molar-refractivity contribution in [1.82, 2.24) is 4.98 Å². The van der Waals surface area contributed by atoms with Crippen molar-refractivity contribution in [2.75, 3.05) is 5.73 Å². The third kappa shape index (κ3) is 1.59. The summed E-state index contributed by atoms with van der Waals surface area (Å²) in [7, 11) is 0. The molecule has 0 fully saturated rings. The van der Waals surface area contributed by atoms with Crippen LogP contribution in [0.3, 0.4) is 0 Å². The zero-order chi connectivity index (χ0) is 9.97. The maximum Gasteiger partial charge on any atom is 0.126 e. The van der Waals surface area contributed by atoms with Crippen LogP contribution in [0.2, 0.25) is 0 Å². The molecule has 0 aliphatic rings. The lowest BCUT2D eigenvalue weighted by Crippen LogP contribution is -1.93. The third-order valence-corrected chi connectivity index (χ3v) is 2.23. The van der Waals surface area contributed by atoms with Gasteiger partial charge < -0.3 is 5.73 Å². The molecular weight excluding hydrogens is 172 g/mol. The van der Waals surface area contributed by atoms with Crippen molar-refractivity contribution in [3.8, 4) is 11.1 Å². The van der Waals surface area contributed by atoms with Gasteiger partial charge in [0.1, 0.15) is 5.82 Å². The van der Waals surface area contributed by atoms with Crippen LogP contribution in [0.4, 0.5) is 5.82 Å². The summed E-state index contributed by atoms with van der Waals surface area (Å²) >= 11 is 0. The first-order valence-corrected chi connectivity index (χ1v) is 4.55. The fourth-order valence-corrected chi connectivity index (χ4v) is 1.37. The van der Waals surface area contributed by atoms with Crippen molar-refractivity contribution in [3.63, 3.8) is 0 Å². The average molecular weight is 184 g/mol. The van der Waals surface area contributed by atoms with E-state index in [-0.39, 0.29) is 0 Å². The monoisotopic (exact) mass is 184 g/mol. The Kier molecular flexibility index (Phi) is 2.19. The number of anilines is 1. The highest BCUT2D eigenvalue weighted by Gasteiger charge is 1.99. The largest absolute Gasteiger partial charge is 0.383 e. The molecule has 0 amide bonds. The topological polar surface area (TPSA) is 38.9 Å². The number of pyridine rings is 1. The summed E-state index contributed by atoms with van der Waals surface area (Å²) in [5.41, 5.74) is 8.95. The lowest BCUT2D eigenvalue weighted by molar-refractivity contribution is 1.28. The van der Waals surface area contributed by atoms with Gasteiger partial charge in [0.15, 0.2) is 0 Å². The number of benzene rings is 1. The van der Waals surface area contributed by atoms with Crippen molar-refractivity contribution < 1.29 is 0 Å². The molecule has 2 N–H and O–H groups in total. The first-order chi connectivity index (χ1) is 6.77. The van der Waals surface area contributed by atoms with Gasteiger partial charge in [0.2, 0.25) is 0 Å². The van der Waals surface area contributed by atoms with Gasteiger partial charge in [0, 0.05) is 11.8 Å². The molecular formula is C12H12N2. The quantitative estimate of drug-likeness (QED) is 0.740. The highest BCUT2D eigenvalue weighted by molar-refractivity contribution is 5.64. The number of aryl methyl sites for hydroxylation is 1. The van der Waals surface area contributed by atoms with Gasteiger partial charge in [-0.15, -0.1) is 0 Å². The molecule has 2 aromatic rings. The minimum Gasteiger partial charge on any atom is -0.383 e. The fourth-order valence-electron chi connectivity index (χ4n) is 1.37. The van der Waals surface area contributed by atoms with Crippen molar-refractivity contribution >= 4 is 5.82 Å². The Hall–Kier alpha value is -1.83. The number of nitrogen functional groups attached to an aromatic ring is 1. The molecule has 70 valence electrons. The molecule has 0 radical (unpaired) electrons. The Balaban J connectivity index is 2.48. The molecule has 2 nitrogen and oxygen atoms in total. The van der Waals surface area contributed by atoms with Crippen LogP contribution in [0.1, 0.15) is 5.56 Å². The molecule has 0 bridgehead atoms. The van der Waals surface area contributed by atoms with Crippen LogP contribution in [0.25, 0.3) is 11.1 Å². The lowest BCUT2D eigenvalue weighted by Gasteiger charge is -2.03. The maximum atomic E-state index is 5.66. The molecule has 0 aliphatic heterocycles. The highest BCUT2D eigenvalue weighted by Crippen LogP contribution is 2.20. The second-order valence-corrected chi connectivity index (χ2v) is 3.29. The molecule has 2 rings (SSSR count). The van der Waals surface area contributed by atoms with Gasteiger partial charge in [-0.2, -0.15) is 0 Å². The van der Waals surface area contributed by atoms with Crippen molar-refractivity contribution in [1.29, 1.82) is 0 Å². The number of nitrogens with zero attached hydrogens (tertiary/aromatic N) is 1. The molecule has 0 unspecified atom stereocenters. The summed E-state index contributed by atoms with van der Waals surface area (Å²) in [5.74, 6) is 0.602. The molecule has 0 saturated heterocycles. The zero-order valence-corrected chi connectivity index (χ0v) is 8.07. The lowest BCUT2D eigenvalue weighted by atomic mass is 10.1. The van der Waals surface area contributed by atoms with E-state index in [0.717, 1.165) is 11.1 Å². The second kappa shape index (κ2) is 3.50. The Bertz CT molecular complexity index is 435. The van der Waals surface area contributed by atoms with Crippen LogP contribution in [0.5, 0.6) is 0 Å². The van der Waals surface area contributed by atoms with E-state index < -0.39 is 0 Å². The van der Waals surface area contributed by atoms with Crippen molar-refractivity contribution in [2.45, 2.75) is 6.92 Å². The van der Waals surface area contributed by atoms with Crippen molar-refractivity contribution in [2.24, 2.45) is 0 Å². The van der Waals surface area contributed by atoms with Crippen LogP contribution in [0, 0.1) is 6.92 Å². The predicted molar refractivity (Wildman–Crippen MR) is 58.8 cm³/mol. The fraction of sp³-hybridized carbons (Fsp3) is 0.0833. The van der Waals surface area contributed by atoms with Crippen LogP contribution in [-0.2, 0) is 0 Å². The first-order valence-electron chi connectivity index (χ1n) is 4.55. The molecule has 14 heavy (non-hydrogen) atoms. The summed E-state index contributed by atoms with van der Waals surface area (Å²) in [6.45, 7) is 1.97. The Morgan fingerprint density at radius 1 is 1.07 bits per heavy atom. The standard InChI is InChI=1S/C12H12N2/c1-9-7-11(8-14-12(9)13)10-5-3-2-4-6-10/h2-8H,1H3,(H2,13,14). The third-order valence-electron chi connectivity index (χ3n) is 2.23. The molecule has 2 heteroatoms. The van der Waals surface area contributed by atoms with E-state index in [0.29, 0.717) is 5.82 Å². The SMILES string of the molecule is Cc1cc(-c2ccccc2)cnc1N. The number of hydrogen-bond acceptors (Lipinski definition) is 2. The van der Waals surface area contributed by atoms with Crippen molar-refractivity contribution in [3.05, 3.63) is 48.2 Å². The van der Waals surface area contributed by atoms with E-state index in [2.05, 4.69) is 23.2 Å². The smallest absolute Gasteiger partial charge is 0.126 e. The van der Waals surface area contributed by atoms with Gasteiger partial charge in [-0.05, 0) is 24.1 Å². The van der Waals surface area contributed by atoms with Gasteiger partial charge >= 0.3 is 0 Å². The number of hydrogen-bond donors (Lipinski definition) is 1. The average Bonchev–Trinajstić information content (AvgIpc) is 2.23. The number of rotatable bonds is 1. The second-order valence-electron chi connectivity index (χ2n) is 3.29. The van der Waals surface area contributed by atoms with Gasteiger partial charge in [-0.25, -0.2) is 4.98 Å². The van der Waals surface area contributed by atoms with Gasteiger partial charge in [0.05, 0.1) is 0 Å². The zero-order valence-electron chi connectivity index (χ0n) is 8.07. The molecule has 0 saturated carbocycles. The summed E-state index contributed by atoms with van der Waals surface area (Å²) in [6, 6.07) is 12.2. The molecule has 1 aromatic carbocycles. The number of nitrogens with two attached hydrogens (primary N) is 1. The van der Waals surface area contributed by atoms with Crippen LogP contribution in [0.15, 0.2) is 42.6 Å². The maximum absolute atomic E-state index is 5.66. The van der Waals surface area contributed by atoms with Gasteiger partial charge in [0.25, 0.3) is 0 Å². The molecule has 0 atom stereocenters. The minimum atomic E-state index is 0.602. The van der Waals surface area contributed by atoms with Gasteiger partial charge in [-0.3, -0.25) is 0 Å². The van der Waals surface area contributed by atoms with E-state index in [1.807, 2.05) is 25.1 Å². The number of aromatic nitrogens is 1. The Morgan fingerprint density at radius 2 is 1.79 bits per heavy atom.